The fourth-order valence-corrected chi connectivity index (χ4v) is 2.64. The van der Waals surface area contributed by atoms with E-state index < -0.39 is 0 Å². The normalized spacial score (nSPS) is 13.6. The Morgan fingerprint density at radius 2 is 1.90 bits per heavy atom. The lowest BCUT2D eigenvalue weighted by molar-refractivity contribution is 0.456. The Labute approximate surface area is 124 Å². The summed E-state index contributed by atoms with van der Waals surface area (Å²) in [4.78, 5) is 8.61. The van der Waals surface area contributed by atoms with Gasteiger partial charge in [-0.2, -0.15) is 4.98 Å². The minimum absolute atomic E-state index is 0.219. The molecule has 2 aromatic rings. The molecular formula is C16H17ClN2O. The summed E-state index contributed by atoms with van der Waals surface area (Å²) in [6.07, 6.45) is 3.54. The summed E-state index contributed by atoms with van der Waals surface area (Å²) >= 11 is 6.02. The molecule has 0 aliphatic heterocycles. The highest BCUT2D eigenvalue weighted by Gasteiger charge is 2.13. The summed E-state index contributed by atoms with van der Waals surface area (Å²) in [6.45, 7) is 4.07. The van der Waals surface area contributed by atoms with Gasteiger partial charge in [0, 0.05) is 12.0 Å². The molecule has 20 heavy (non-hydrogen) atoms. The average Bonchev–Trinajstić information content (AvgIpc) is 2.85. The summed E-state index contributed by atoms with van der Waals surface area (Å²) in [6, 6.07) is 7.90. The first kappa shape index (κ1) is 13.4. The van der Waals surface area contributed by atoms with Gasteiger partial charge in [-0.25, -0.2) is 4.98 Å². The summed E-state index contributed by atoms with van der Waals surface area (Å²) < 4.78 is 5.84. The molecule has 4 heteroatoms. The quantitative estimate of drug-likeness (QED) is 0.778. The van der Waals surface area contributed by atoms with Crippen molar-refractivity contribution in [3.05, 3.63) is 46.4 Å². The van der Waals surface area contributed by atoms with Crippen molar-refractivity contribution in [3.63, 3.8) is 0 Å². The number of nitrogens with zero attached hydrogens (tertiary/aromatic N) is 2. The molecule has 0 amide bonds. The Morgan fingerprint density at radius 1 is 1.10 bits per heavy atom. The lowest BCUT2D eigenvalue weighted by atomic mass is 10.1. The van der Waals surface area contributed by atoms with E-state index in [4.69, 9.17) is 16.3 Å². The molecule has 3 nitrogen and oxygen atoms in total. The number of fused-ring (bicyclic) bond motifs is 1. The molecule has 0 fully saturated rings. The van der Waals surface area contributed by atoms with Crippen molar-refractivity contribution < 1.29 is 4.74 Å². The van der Waals surface area contributed by atoms with Gasteiger partial charge < -0.3 is 4.74 Å². The third kappa shape index (κ3) is 2.78. The monoisotopic (exact) mass is 288 g/mol. The van der Waals surface area contributed by atoms with Crippen molar-refractivity contribution in [2.24, 2.45) is 0 Å². The molecule has 104 valence electrons. The Balaban J connectivity index is 1.87. The molecule has 1 aromatic heterocycles. The van der Waals surface area contributed by atoms with E-state index >= 15 is 0 Å². The van der Waals surface area contributed by atoms with Crippen LogP contribution in [0.2, 0.25) is 5.15 Å². The van der Waals surface area contributed by atoms with E-state index in [-0.39, 0.29) is 5.92 Å². The van der Waals surface area contributed by atoms with E-state index in [1.54, 1.807) is 6.07 Å². The second-order valence-corrected chi connectivity index (χ2v) is 5.82. The second-order valence-electron chi connectivity index (χ2n) is 5.43. The first-order valence-electron chi connectivity index (χ1n) is 6.96. The number of hydrogen-bond acceptors (Lipinski definition) is 3. The van der Waals surface area contributed by atoms with Gasteiger partial charge in [0.1, 0.15) is 16.7 Å². The molecule has 0 bridgehead atoms. The fourth-order valence-electron chi connectivity index (χ4n) is 2.46. The lowest BCUT2D eigenvalue weighted by Crippen LogP contribution is -2.00. The molecule has 0 radical (unpaired) electrons. The summed E-state index contributed by atoms with van der Waals surface area (Å²) in [5.74, 6) is 2.24. The topological polar surface area (TPSA) is 35.0 Å². The molecule has 1 aliphatic rings. The molecule has 0 atom stereocenters. The predicted octanol–water partition coefficient (Wildman–Crippen LogP) is 4.53. The molecule has 3 rings (SSSR count). The number of aromatic nitrogens is 2. The van der Waals surface area contributed by atoms with E-state index in [0.29, 0.717) is 16.9 Å². The zero-order chi connectivity index (χ0) is 14.1. The first-order valence-corrected chi connectivity index (χ1v) is 7.34. The third-order valence-corrected chi connectivity index (χ3v) is 3.69. The smallest absolute Gasteiger partial charge is 0.224 e. The van der Waals surface area contributed by atoms with Crippen molar-refractivity contribution in [2.45, 2.75) is 39.0 Å². The van der Waals surface area contributed by atoms with Crippen LogP contribution in [0.3, 0.4) is 0 Å². The molecule has 1 aromatic carbocycles. The molecule has 0 N–H and O–H groups in total. The van der Waals surface area contributed by atoms with Crippen LogP contribution in [0, 0.1) is 0 Å². The zero-order valence-corrected chi connectivity index (χ0v) is 12.4. The molecule has 0 spiro atoms. The van der Waals surface area contributed by atoms with E-state index in [2.05, 4.69) is 22.1 Å². The van der Waals surface area contributed by atoms with Crippen molar-refractivity contribution >= 4 is 11.6 Å². The molecule has 1 heterocycles. The maximum atomic E-state index is 6.02. The van der Waals surface area contributed by atoms with Crippen LogP contribution in [0.25, 0.3) is 0 Å². The SMILES string of the molecule is CC(C)c1nc(Cl)cc(Oc2ccc3c(c2)CCC3)n1. The Bertz CT molecular complexity index is 640. The van der Waals surface area contributed by atoms with E-state index in [1.807, 2.05) is 19.9 Å². The number of hydrogen-bond donors (Lipinski definition) is 0. The second kappa shape index (κ2) is 5.41. The Hall–Kier alpha value is -1.61. The Morgan fingerprint density at radius 3 is 2.70 bits per heavy atom. The van der Waals surface area contributed by atoms with Gasteiger partial charge in [0.15, 0.2) is 0 Å². The van der Waals surface area contributed by atoms with Crippen LogP contribution < -0.4 is 4.74 Å². The number of aryl methyl sites for hydroxylation is 2. The Kier molecular flexibility index (Phi) is 3.62. The van der Waals surface area contributed by atoms with Crippen molar-refractivity contribution in [2.75, 3.05) is 0 Å². The predicted molar refractivity (Wildman–Crippen MR) is 79.7 cm³/mol. The standard InChI is InChI=1S/C16H17ClN2O/c1-10(2)16-18-14(17)9-15(19-16)20-13-7-6-11-4-3-5-12(11)8-13/h6-10H,3-5H2,1-2H3. The third-order valence-electron chi connectivity index (χ3n) is 3.50. The summed E-state index contributed by atoms with van der Waals surface area (Å²) in [5.41, 5.74) is 2.81. The van der Waals surface area contributed by atoms with Crippen LogP contribution in [-0.4, -0.2) is 9.97 Å². The van der Waals surface area contributed by atoms with Gasteiger partial charge in [-0.05, 0) is 42.5 Å². The molecular weight excluding hydrogens is 272 g/mol. The largest absolute Gasteiger partial charge is 0.439 e. The maximum Gasteiger partial charge on any atom is 0.224 e. The van der Waals surface area contributed by atoms with Crippen LogP contribution >= 0.6 is 11.6 Å². The van der Waals surface area contributed by atoms with Crippen LogP contribution in [0.4, 0.5) is 0 Å². The minimum Gasteiger partial charge on any atom is -0.439 e. The first-order chi connectivity index (χ1) is 9.61. The van der Waals surface area contributed by atoms with E-state index in [1.165, 1.54) is 24.0 Å². The van der Waals surface area contributed by atoms with Gasteiger partial charge in [0.2, 0.25) is 5.88 Å². The average molecular weight is 289 g/mol. The van der Waals surface area contributed by atoms with Crippen LogP contribution in [-0.2, 0) is 12.8 Å². The van der Waals surface area contributed by atoms with Crippen LogP contribution in [0.15, 0.2) is 24.3 Å². The van der Waals surface area contributed by atoms with E-state index in [0.717, 1.165) is 12.2 Å². The van der Waals surface area contributed by atoms with Gasteiger partial charge in [-0.1, -0.05) is 31.5 Å². The van der Waals surface area contributed by atoms with Gasteiger partial charge in [-0.3, -0.25) is 0 Å². The lowest BCUT2D eigenvalue weighted by Gasteiger charge is -2.10. The zero-order valence-electron chi connectivity index (χ0n) is 11.7. The molecule has 0 unspecified atom stereocenters. The molecule has 0 saturated carbocycles. The highest BCUT2D eigenvalue weighted by molar-refractivity contribution is 6.29. The highest BCUT2D eigenvalue weighted by atomic mass is 35.5. The highest BCUT2D eigenvalue weighted by Crippen LogP contribution is 2.29. The van der Waals surface area contributed by atoms with Crippen molar-refractivity contribution in [1.82, 2.24) is 9.97 Å². The number of ether oxygens (including phenoxy) is 1. The van der Waals surface area contributed by atoms with Gasteiger partial charge in [0.05, 0.1) is 0 Å². The minimum atomic E-state index is 0.219. The maximum absolute atomic E-state index is 6.02. The van der Waals surface area contributed by atoms with Crippen LogP contribution in [0.5, 0.6) is 11.6 Å². The molecule has 1 aliphatic carbocycles. The fraction of sp³-hybridized carbons (Fsp3) is 0.375. The van der Waals surface area contributed by atoms with Gasteiger partial charge in [-0.15, -0.1) is 0 Å². The number of rotatable bonds is 3. The summed E-state index contributed by atoms with van der Waals surface area (Å²) in [5, 5.41) is 0.417. The molecule has 0 saturated heterocycles. The number of benzene rings is 1. The number of halogens is 1. The van der Waals surface area contributed by atoms with Crippen molar-refractivity contribution in [3.8, 4) is 11.6 Å². The van der Waals surface area contributed by atoms with Crippen molar-refractivity contribution in [1.29, 1.82) is 0 Å². The van der Waals surface area contributed by atoms with E-state index in [9.17, 15) is 0 Å². The van der Waals surface area contributed by atoms with Gasteiger partial charge in [0.25, 0.3) is 0 Å². The summed E-state index contributed by atoms with van der Waals surface area (Å²) in [7, 11) is 0. The van der Waals surface area contributed by atoms with Crippen LogP contribution in [0.1, 0.15) is 43.1 Å². The van der Waals surface area contributed by atoms with Gasteiger partial charge >= 0.3 is 0 Å².